The number of aliphatic imine (C=N–C) groups is 1. The number of aromatic nitrogens is 1. The smallest absolute Gasteiger partial charge is 0.320 e. The number of fused-ring (bicyclic) bond motifs is 3. The summed E-state index contributed by atoms with van der Waals surface area (Å²) in [6.07, 6.45) is 3.58. The fourth-order valence-electron chi connectivity index (χ4n) is 2.94. The molecule has 110 valence electrons. The van der Waals surface area contributed by atoms with E-state index in [1.807, 2.05) is 25.1 Å². The SMILES string of the molecule is CCOC(=O)C1C=NC(CC)Cc2c1[nH]c1ccccc21. The van der Waals surface area contributed by atoms with Gasteiger partial charge in [0.25, 0.3) is 0 Å². The molecular weight excluding hydrogens is 264 g/mol. The van der Waals surface area contributed by atoms with Crippen molar-refractivity contribution in [2.45, 2.75) is 38.6 Å². The molecule has 2 atom stereocenters. The summed E-state index contributed by atoms with van der Waals surface area (Å²) in [5.74, 6) is -0.658. The molecule has 1 aliphatic rings. The van der Waals surface area contributed by atoms with Gasteiger partial charge in [0, 0.05) is 22.8 Å². The zero-order valence-electron chi connectivity index (χ0n) is 12.4. The highest BCUT2D eigenvalue weighted by Gasteiger charge is 2.29. The second-order valence-corrected chi connectivity index (χ2v) is 5.36. The zero-order chi connectivity index (χ0) is 14.8. The number of H-pyrrole nitrogens is 1. The summed E-state index contributed by atoms with van der Waals surface area (Å²) in [5, 5.41) is 1.19. The van der Waals surface area contributed by atoms with E-state index in [1.54, 1.807) is 6.21 Å². The average molecular weight is 284 g/mol. The highest BCUT2D eigenvalue weighted by Crippen LogP contribution is 2.32. The molecule has 4 nitrogen and oxygen atoms in total. The van der Waals surface area contributed by atoms with Gasteiger partial charge in [0.15, 0.2) is 0 Å². The van der Waals surface area contributed by atoms with Gasteiger partial charge in [0.2, 0.25) is 0 Å². The molecule has 3 rings (SSSR count). The number of carbonyl (C=O) groups is 1. The van der Waals surface area contributed by atoms with E-state index in [-0.39, 0.29) is 12.0 Å². The first-order valence-corrected chi connectivity index (χ1v) is 7.54. The van der Waals surface area contributed by atoms with Gasteiger partial charge in [-0.2, -0.15) is 0 Å². The summed E-state index contributed by atoms with van der Waals surface area (Å²) >= 11 is 0. The highest BCUT2D eigenvalue weighted by atomic mass is 16.5. The Kier molecular flexibility index (Phi) is 3.78. The summed E-state index contributed by atoms with van der Waals surface area (Å²) in [7, 11) is 0. The lowest BCUT2D eigenvalue weighted by Crippen LogP contribution is -2.18. The number of rotatable bonds is 3. The van der Waals surface area contributed by atoms with E-state index in [1.165, 1.54) is 10.9 Å². The maximum absolute atomic E-state index is 12.3. The maximum Gasteiger partial charge on any atom is 0.320 e. The molecule has 0 saturated heterocycles. The number of nitrogens with one attached hydrogen (secondary N) is 1. The van der Waals surface area contributed by atoms with E-state index in [4.69, 9.17) is 4.74 Å². The predicted octanol–water partition coefficient (Wildman–Crippen LogP) is 3.22. The molecule has 1 aromatic heterocycles. The zero-order valence-corrected chi connectivity index (χ0v) is 12.4. The molecule has 0 amide bonds. The first-order chi connectivity index (χ1) is 10.2. The van der Waals surface area contributed by atoms with Gasteiger partial charge < -0.3 is 9.72 Å². The third kappa shape index (κ3) is 2.46. The Morgan fingerprint density at radius 2 is 2.19 bits per heavy atom. The van der Waals surface area contributed by atoms with Crippen molar-refractivity contribution < 1.29 is 9.53 Å². The molecular formula is C17H20N2O2. The molecule has 0 bridgehead atoms. The van der Waals surface area contributed by atoms with Crippen LogP contribution in [0, 0.1) is 0 Å². The molecule has 0 spiro atoms. The molecule has 0 radical (unpaired) electrons. The Bertz CT molecular complexity index is 687. The van der Waals surface area contributed by atoms with Crippen molar-refractivity contribution in [2.75, 3.05) is 6.61 Å². The van der Waals surface area contributed by atoms with Crippen LogP contribution in [0.3, 0.4) is 0 Å². The fraction of sp³-hybridized carbons (Fsp3) is 0.412. The average Bonchev–Trinajstić information content (AvgIpc) is 2.74. The third-order valence-electron chi connectivity index (χ3n) is 4.06. The third-order valence-corrected chi connectivity index (χ3v) is 4.06. The molecule has 2 unspecified atom stereocenters. The summed E-state index contributed by atoms with van der Waals surface area (Å²) in [6, 6.07) is 8.41. The number of hydrogen-bond acceptors (Lipinski definition) is 3. The lowest BCUT2D eigenvalue weighted by molar-refractivity contribution is -0.143. The van der Waals surface area contributed by atoms with Crippen molar-refractivity contribution >= 4 is 23.1 Å². The number of hydrogen-bond donors (Lipinski definition) is 1. The minimum absolute atomic E-state index is 0.224. The van der Waals surface area contributed by atoms with Gasteiger partial charge in [-0.05, 0) is 31.4 Å². The minimum atomic E-state index is -0.427. The second-order valence-electron chi connectivity index (χ2n) is 5.36. The lowest BCUT2D eigenvalue weighted by Gasteiger charge is -2.10. The quantitative estimate of drug-likeness (QED) is 0.880. The molecule has 2 aromatic rings. The molecule has 1 aromatic carbocycles. The fourth-order valence-corrected chi connectivity index (χ4v) is 2.94. The van der Waals surface area contributed by atoms with E-state index in [2.05, 4.69) is 23.0 Å². The monoisotopic (exact) mass is 284 g/mol. The van der Waals surface area contributed by atoms with Gasteiger partial charge >= 0.3 is 5.97 Å². The maximum atomic E-state index is 12.3. The van der Waals surface area contributed by atoms with Crippen molar-refractivity contribution in [3.63, 3.8) is 0 Å². The lowest BCUT2D eigenvalue weighted by atomic mass is 9.97. The molecule has 21 heavy (non-hydrogen) atoms. The van der Waals surface area contributed by atoms with Crippen LogP contribution in [0.25, 0.3) is 10.9 Å². The van der Waals surface area contributed by atoms with Crippen LogP contribution in [0.4, 0.5) is 0 Å². The Hall–Kier alpha value is -2.10. The van der Waals surface area contributed by atoms with Crippen LogP contribution >= 0.6 is 0 Å². The molecule has 1 N–H and O–H groups in total. The van der Waals surface area contributed by atoms with Gasteiger partial charge in [-0.25, -0.2) is 0 Å². The Morgan fingerprint density at radius 3 is 2.95 bits per heavy atom. The molecule has 0 fully saturated rings. The van der Waals surface area contributed by atoms with E-state index in [0.717, 1.165) is 24.1 Å². The van der Waals surface area contributed by atoms with E-state index in [0.29, 0.717) is 6.61 Å². The predicted molar refractivity (Wildman–Crippen MR) is 83.9 cm³/mol. The molecule has 0 saturated carbocycles. The topological polar surface area (TPSA) is 54.4 Å². The van der Waals surface area contributed by atoms with E-state index >= 15 is 0 Å². The van der Waals surface area contributed by atoms with Crippen LogP contribution in [-0.4, -0.2) is 29.8 Å². The van der Waals surface area contributed by atoms with Crippen LogP contribution in [0.1, 0.15) is 37.4 Å². The summed E-state index contributed by atoms with van der Waals surface area (Å²) in [5.41, 5.74) is 3.21. The highest BCUT2D eigenvalue weighted by molar-refractivity contribution is 5.99. The van der Waals surface area contributed by atoms with Gasteiger partial charge in [-0.1, -0.05) is 25.1 Å². The number of ether oxygens (including phenoxy) is 1. The van der Waals surface area contributed by atoms with Gasteiger partial charge in [-0.15, -0.1) is 0 Å². The van der Waals surface area contributed by atoms with Gasteiger partial charge in [0.1, 0.15) is 5.92 Å². The number of aromatic amines is 1. The van der Waals surface area contributed by atoms with Crippen molar-refractivity contribution in [1.29, 1.82) is 0 Å². The number of benzene rings is 1. The van der Waals surface area contributed by atoms with Crippen LogP contribution in [0.15, 0.2) is 29.3 Å². The van der Waals surface area contributed by atoms with Crippen molar-refractivity contribution in [2.24, 2.45) is 4.99 Å². The standard InChI is InChI=1S/C17H20N2O2/c1-3-11-9-13-12-7-5-6-8-15(12)19-16(13)14(10-18-11)17(20)21-4-2/h5-8,10-11,14,19H,3-4,9H2,1-2H3. The number of nitrogens with zero attached hydrogens (tertiary/aromatic N) is 1. The van der Waals surface area contributed by atoms with E-state index < -0.39 is 5.92 Å². The minimum Gasteiger partial charge on any atom is -0.465 e. The Balaban J connectivity index is 2.13. The van der Waals surface area contributed by atoms with Crippen molar-refractivity contribution in [3.8, 4) is 0 Å². The van der Waals surface area contributed by atoms with Gasteiger partial charge in [-0.3, -0.25) is 9.79 Å². The normalized spacial score (nSPS) is 21.0. The van der Waals surface area contributed by atoms with Crippen molar-refractivity contribution in [3.05, 3.63) is 35.5 Å². The first-order valence-electron chi connectivity index (χ1n) is 7.54. The van der Waals surface area contributed by atoms with Crippen LogP contribution in [0.2, 0.25) is 0 Å². The first kappa shape index (κ1) is 13.9. The summed E-state index contributed by atoms with van der Waals surface area (Å²) in [4.78, 5) is 20.2. The number of esters is 1. The Labute approximate surface area is 124 Å². The number of para-hydroxylation sites is 1. The molecule has 4 heteroatoms. The molecule has 1 aliphatic heterocycles. The van der Waals surface area contributed by atoms with Crippen LogP contribution in [-0.2, 0) is 16.0 Å². The summed E-state index contributed by atoms with van der Waals surface area (Å²) in [6.45, 7) is 4.34. The second kappa shape index (κ2) is 5.72. The van der Waals surface area contributed by atoms with E-state index in [9.17, 15) is 4.79 Å². The number of carbonyl (C=O) groups excluding carboxylic acids is 1. The van der Waals surface area contributed by atoms with Crippen LogP contribution < -0.4 is 0 Å². The summed E-state index contributed by atoms with van der Waals surface area (Å²) < 4.78 is 5.21. The van der Waals surface area contributed by atoms with Crippen molar-refractivity contribution in [1.82, 2.24) is 4.98 Å². The van der Waals surface area contributed by atoms with Gasteiger partial charge in [0.05, 0.1) is 12.6 Å². The molecule has 0 aliphatic carbocycles. The molecule has 2 heterocycles. The Morgan fingerprint density at radius 1 is 1.38 bits per heavy atom. The van der Waals surface area contributed by atoms with Crippen LogP contribution in [0.5, 0.6) is 0 Å². The largest absolute Gasteiger partial charge is 0.465 e.